The lowest BCUT2D eigenvalue weighted by atomic mass is 10.3. The van der Waals surface area contributed by atoms with Crippen molar-refractivity contribution >= 4 is 28.8 Å². The molecule has 0 aliphatic rings. The van der Waals surface area contributed by atoms with Crippen molar-refractivity contribution in [2.24, 2.45) is 0 Å². The average Bonchev–Trinajstić information content (AvgIpc) is 3.05. The monoisotopic (exact) mass is 360 g/mol. The standard InChI is InChI=1S/C17H17FN4O2S/c1-3-14(17(23)24-4-2)25-16-13-9-21-22(15(13)19-10-20-16)12-7-5-11(18)6-8-12/h5-10,14H,3-4H2,1-2H3/t14-/m0/s1. The molecule has 3 rings (SSSR count). The first-order chi connectivity index (χ1) is 12.1. The molecule has 2 heterocycles. The molecule has 0 N–H and O–H groups in total. The number of carbonyl (C=O) groups excluding carboxylic acids is 1. The summed E-state index contributed by atoms with van der Waals surface area (Å²) in [6.45, 7) is 4.05. The van der Waals surface area contributed by atoms with Crippen LogP contribution in [0.3, 0.4) is 0 Å². The summed E-state index contributed by atoms with van der Waals surface area (Å²) in [5.74, 6) is -0.570. The van der Waals surface area contributed by atoms with E-state index in [0.29, 0.717) is 29.4 Å². The molecule has 0 bridgehead atoms. The maximum absolute atomic E-state index is 13.1. The van der Waals surface area contributed by atoms with Gasteiger partial charge in [0.25, 0.3) is 0 Å². The Morgan fingerprint density at radius 2 is 2.04 bits per heavy atom. The van der Waals surface area contributed by atoms with Crippen molar-refractivity contribution in [2.75, 3.05) is 6.61 Å². The highest BCUT2D eigenvalue weighted by molar-refractivity contribution is 8.00. The second-order valence-electron chi connectivity index (χ2n) is 5.22. The quantitative estimate of drug-likeness (QED) is 0.381. The number of benzene rings is 1. The molecule has 0 radical (unpaired) electrons. The van der Waals surface area contributed by atoms with E-state index in [1.54, 1.807) is 29.9 Å². The fourth-order valence-electron chi connectivity index (χ4n) is 2.36. The van der Waals surface area contributed by atoms with Crippen molar-refractivity contribution in [3.63, 3.8) is 0 Å². The van der Waals surface area contributed by atoms with Gasteiger partial charge < -0.3 is 4.74 Å². The van der Waals surface area contributed by atoms with Crippen LogP contribution in [-0.2, 0) is 9.53 Å². The minimum Gasteiger partial charge on any atom is -0.465 e. The summed E-state index contributed by atoms with van der Waals surface area (Å²) in [5, 5.41) is 5.39. The van der Waals surface area contributed by atoms with E-state index < -0.39 is 0 Å². The van der Waals surface area contributed by atoms with Crippen LogP contribution in [0.2, 0.25) is 0 Å². The van der Waals surface area contributed by atoms with E-state index in [2.05, 4.69) is 15.1 Å². The molecule has 0 saturated carbocycles. The molecule has 0 unspecified atom stereocenters. The second-order valence-corrected chi connectivity index (χ2v) is 6.41. The number of esters is 1. The Morgan fingerprint density at radius 1 is 1.28 bits per heavy atom. The van der Waals surface area contributed by atoms with E-state index >= 15 is 0 Å². The smallest absolute Gasteiger partial charge is 0.319 e. The molecule has 25 heavy (non-hydrogen) atoms. The van der Waals surface area contributed by atoms with Crippen molar-refractivity contribution in [2.45, 2.75) is 30.5 Å². The number of hydrogen-bond donors (Lipinski definition) is 0. The zero-order valence-electron chi connectivity index (χ0n) is 13.8. The van der Waals surface area contributed by atoms with E-state index in [1.807, 2.05) is 6.92 Å². The fourth-order valence-corrected chi connectivity index (χ4v) is 3.34. The highest BCUT2D eigenvalue weighted by Gasteiger charge is 2.22. The zero-order valence-corrected chi connectivity index (χ0v) is 14.7. The third-order valence-electron chi connectivity index (χ3n) is 3.57. The zero-order chi connectivity index (χ0) is 17.8. The minimum atomic E-state index is -0.341. The molecule has 0 aliphatic carbocycles. The Kier molecular flexibility index (Phi) is 5.28. The van der Waals surface area contributed by atoms with E-state index in [1.165, 1.54) is 30.2 Å². The summed E-state index contributed by atoms with van der Waals surface area (Å²) in [6, 6.07) is 6.00. The molecule has 0 amide bonds. The lowest BCUT2D eigenvalue weighted by Gasteiger charge is -2.12. The largest absolute Gasteiger partial charge is 0.465 e. The number of halogens is 1. The Labute approximate surface area is 148 Å². The van der Waals surface area contributed by atoms with Crippen molar-refractivity contribution in [1.29, 1.82) is 0 Å². The second kappa shape index (κ2) is 7.60. The van der Waals surface area contributed by atoms with Crippen molar-refractivity contribution in [3.8, 4) is 5.69 Å². The molecule has 0 saturated heterocycles. The summed E-state index contributed by atoms with van der Waals surface area (Å²) in [5.41, 5.74) is 1.30. The Morgan fingerprint density at radius 3 is 2.72 bits per heavy atom. The van der Waals surface area contributed by atoms with Crippen LogP contribution < -0.4 is 0 Å². The van der Waals surface area contributed by atoms with E-state index in [-0.39, 0.29) is 17.0 Å². The van der Waals surface area contributed by atoms with Crippen LogP contribution >= 0.6 is 11.8 Å². The van der Waals surface area contributed by atoms with Crippen LogP contribution in [0.5, 0.6) is 0 Å². The Hall–Kier alpha value is -2.48. The third-order valence-corrected chi connectivity index (χ3v) is 4.93. The molecule has 6 nitrogen and oxygen atoms in total. The molecular formula is C17H17FN4O2S. The topological polar surface area (TPSA) is 69.9 Å². The van der Waals surface area contributed by atoms with Crippen LogP contribution in [0, 0.1) is 5.82 Å². The molecular weight excluding hydrogens is 343 g/mol. The number of thioether (sulfide) groups is 1. The van der Waals surface area contributed by atoms with Crippen molar-refractivity contribution in [3.05, 3.63) is 42.6 Å². The first-order valence-electron chi connectivity index (χ1n) is 7.92. The van der Waals surface area contributed by atoms with Crippen LogP contribution in [0.15, 0.2) is 41.8 Å². The van der Waals surface area contributed by atoms with Gasteiger partial charge in [0.05, 0.1) is 23.9 Å². The number of hydrogen-bond acceptors (Lipinski definition) is 6. The van der Waals surface area contributed by atoms with E-state index in [0.717, 1.165) is 5.39 Å². The Balaban J connectivity index is 1.95. The van der Waals surface area contributed by atoms with Gasteiger partial charge in [-0.25, -0.2) is 19.0 Å². The molecule has 2 aromatic heterocycles. The van der Waals surface area contributed by atoms with Gasteiger partial charge in [0.2, 0.25) is 0 Å². The van der Waals surface area contributed by atoms with Gasteiger partial charge in [0, 0.05) is 0 Å². The fraction of sp³-hybridized carbons (Fsp3) is 0.294. The van der Waals surface area contributed by atoms with Crippen LogP contribution in [0.25, 0.3) is 16.7 Å². The maximum atomic E-state index is 13.1. The van der Waals surface area contributed by atoms with Gasteiger partial charge in [0.1, 0.15) is 22.4 Å². The molecule has 130 valence electrons. The Bertz CT molecular complexity index is 882. The number of aromatic nitrogens is 4. The highest BCUT2D eigenvalue weighted by Crippen LogP contribution is 2.30. The molecule has 0 spiro atoms. The molecule has 0 fully saturated rings. The van der Waals surface area contributed by atoms with Gasteiger partial charge in [-0.3, -0.25) is 4.79 Å². The molecule has 3 aromatic rings. The van der Waals surface area contributed by atoms with Gasteiger partial charge >= 0.3 is 5.97 Å². The number of fused-ring (bicyclic) bond motifs is 1. The predicted molar refractivity (Wildman–Crippen MR) is 93.2 cm³/mol. The summed E-state index contributed by atoms with van der Waals surface area (Å²) in [7, 11) is 0. The summed E-state index contributed by atoms with van der Waals surface area (Å²) in [4.78, 5) is 20.6. The number of carbonyl (C=O) groups is 1. The van der Waals surface area contributed by atoms with Crippen LogP contribution in [0.1, 0.15) is 20.3 Å². The number of nitrogens with zero attached hydrogens (tertiary/aromatic N) is 4. The number of rotatable bonds is 6. The van der Waals surface area contributed by atoms with E-state index in [9.17, 15) is 9.18 Å². The SMILES string of the molecule is CCOC(=O)[C@H](CC)Sc1ncnc2c1cnn2-c1ccc(F)cc1. The van der Waals surface area contributed by atoms with Crippen LogP contribution in [-0.4, -0.2) is 37.6 Å². The minimum absolute atomic E-state index is 0.257. The summed E-state index contributed by atoms with van der Waals surface area (Å²) >= 11 is 1.34. The van der Waals surface area contributed by atoms with Gasteiger partial charge in [0.15, 0.2) is 5.65 Å². The first-order valence-corrected chi connectivity index (χ1v) is 8.80. The van der Waals surface area contributed by atoms with Gasteiger partial charge in [-0.2, -0.15) is 5.10 Å². The summed E-state index contributed by atoms with van der Waals surface area (Å²) < 4.78 is 19.8. The normalized spacial score (nSPS) is 12.3. The highest BCUT2D eigenvalue weighted by atomic mass is 32.2. The van der Waals surface area contributed by atoms with Crippen molar-refractivity contribution in [1.82, 2.24) is 19.7 Å². The van der Waals surface area contributed by atoms with Crippen molar-refractivity contribution < 1.29 is 13.9 Å². The summed E-state index contributed by atoms with van der Waals surface area (Å²) in [6.07, 6.45) is 3.71. The number of ether oxygens (including phenoxy) is 1. The average molecular weight is 360 g/mol. The lowest BCUT2D eigenvalue weighted by Crippen LogP contribution is -2.19. The van der Waals surface area contributed by atoms with Gasteiger partial charge in [-0.05, 0) is 37.6 Å². The lowest BCUT2D eigenvalue weighted by molar-refractivity contribution is -0.142. The molecule has 1 atom stereocenters. The van der Waals surface area contributed by atoms with E-state index in [4.69, 9.17) is 4.74 Å². The predicted octanol–water partition coefficient (Wildman–Crippen LogP) is 3.39. The van der Waals surface area contributed by atoms with Crippen LogP contribution in [0.4, 0.5) is 4.39 Å². The van der Waals surface area contributed by atoms with Gasteiger partial charge in [-0.15, -0.1) is 0 Å². The molecule has 0 aliphatic heterocycles. The third kappa shape index (κ3) is 3.63. The maximum Gasteiger partial charge on any atom is 0.319 e. The molecule has 8 heteroatoms. The molecule has 1 aromatic carbocycles. The first kappa shape index (κ1) is 17.3. The van der Waals surface area contributed by atoms with Gasteiger partial charge in [-0.1, -0.05) is 18.7 Å².